The third-order valence-corrected chi connectivity index (χ3v) is 5.27. The van der Waals surface area contributed by atoms with Gasteiger partial charge in [-0.2, -0.15) is 0 Å². The number of hydrogen-bond acceptors (Lipinski definition) is 5. The second kappa shape index (κ2) is 8.02. The van der Waals surface area contributed by atoms with E-state index >= 15 is 0 Å². The molecule has 3 rings (SSSR count). The van der Waals surface area contributed by atoms with Crippen molar-refractivity contribution in [1.82, 2.24) is 0 Å². The van der Waals surface area contributed by atoms with E-state index in [9.17, 15) is 28.2 Å². The fourth-order valence-electron chi connectivity index (χ4n) is 2.99. The fraction of sp³-hybridized carbons (Fsp3) is 0.300. The highest BCUT2D eigenvalue weighted by molar-refractivity contribution is 7.71. The Morgan fingerprint density at radius 1 is 1.04 bits per heavy atom. The van der Waals surface area contributed by atoms with Crippen LogP contribution in [-0.2, 0) is 16.5 Å². The van der Waals surface area contributed by atoms with Gasteiger partial charge in [0.15, 0.2) is 0 Å². The number of carbonyl (C=O) groups is 2. The van der Waals surface area contributed by atoms with E-state index in [-0.39, 0.29) is 16.9 Å². The molecule has 0 amide bonds. The van der Waals surface area contributed by atoms with Gasteiger partial charge in [-0.3, -0.25) is 0 Å². The van der Waals surface area contributed by atoms with Crippen LogP contribution in [0.4, 0.5) is 0 Å². The van der Waals surface area contributed by atoms with Crippen LogP contribution in [0.1, 0.15) is 44.7 Å². The standard InChI is InChI=1S/C20H20O7S/c1-11-6-15(17(20(23)24)8-14(11)19(21)22)16-7-13(10-28(25)26)4-5-18(16)27-9-12-2-3-12/h4-8,12,28H,2-3,9-10H2,1H3,(H,21,22)(H,23,24). The maximum absolute atomic E-state index is 11.8. The summed E-state index contributed by atoms with van der Waals surface area (Å²) >= 11 is 0. The van der Waals surface area contributed by atoms with Gasteiger partial charge in [0.1, 0.15) is 16.5 Å². The summed E-state index contributed by atoms with van der Waals surface area (Å²) < 4.78 is 28.1. The Morgan fingerprint density at radius 3 is 2.29 bits per heavy atom. The Morgan fingerprint density at radius 2 is 1.71 bits per heavy atom. The van der Waals surface area contributed by atoms with E-state index in [0.29, 0.717) is 40.5 Å². The summed E-state index contributed by atoms with van der Waals surface area (Å²) in [6.45, 7) is 2.08. The van der Waals surface area contributed by atoms with Crippen molar-refractivity contribution in [2.45, 2.75) is 25.5 Å². The van der Waals surface area contributed by atoms with Crippen molar-refractivity contribution in [2.24, 2.45) is 5.92 Å². The quantitative estimate of drug-likeness (QED) is 0.579. The normalized spacial score (nSPS) is 13.5. The van der Waals surface area contributed by atoms with Crippen LogP contribution in [0.5, 0.6) is 5.75 Å². The molecule has 0 unspecified atom stereocenters. The lowest BCUT2D eigenvalue weighted by Crippen LogP contribution is -2.08. The molecule has 1 aliphatic rings. The molecule has 1 fully saturated rings. The van der Waals surface area contributed by atoms with Crippen molar-refractivity contribution in [3.8, 4) is 16.9 Å². The first-order valence-corrected chi connectivity index (χ1v) is 10.1. The number of aryl methyl sites for hydroxylation is 1. The van der Waals surface area contributed by atoms with E-state index in [1.54, 1.807) is 25.1 Å². The predicted molar refractivity (Wildman–Crippen MR) is 103 cm³/mol. The summed E-state index contributed by atoms with van der Waals surface area (Å²) in [7, 11) is -2.65. The van der Waals surface area contributed by atoms with E-state index in [2.05, 4.69) is 0 Å². The molecular formula is C20H20O7S. The van der Waals surface area contributed by atoms with Gasteiger partial charge in [-0.1, -0.05) is 6.07 Å². The molecule has 2 aromatic carbocycles. The topological polar surface area (TPSA) is 118 Å². The maximum Gasteiger partial charge on any atom is 0.336 e. The van der Waals surface area contributed by atoms with Gasteiger partial charge < -0.3 is 14.9 Å². The number of carboxylic acid groups (broad SMARTS) is 2. The summed E-state index contributed by atoms with van der Waals surface area (Å²) in [6, 6.07) is 7.48. The minimum absolute atomic E-state index is 0.0969. The molecule has 0 aromatic heterocycles. The van der Waals surface area contributed by atoms with Gasteiger partial charge in [0.25, 0.3) is 0 Å². The van der Waals surface area contributed by atoms with Gasteiger partial charge in [-0.05, 0) is 61.1 Å². The lowest BCUT2D eigenvalue weighted by Gasteiger charge is -2.16. The van der Waals surface area contributed by atoms with Crippen molar-refractivity contribution >= 4 is 22.6 Å². The van der Waals surface area contributed by atoms with E-state index in [1.807, 2.05) is 0 Å². The zero-order chi connectivity index (χ0) is 20.4. The molecule has 0 heterocycles. The zero-order valence-corrected chi connectivity index (χ0v) is 16.1. The van der Waals surface area contributed by atoms with Crippen molar-refractivity contribution in [2.75, 3.05) is 6.61 Å². The highest BCUT2D eigenvalue weighted by atomic mass is 32.2. The lowest BCUT2D eigenvalue weighted by molar-refractivity contribution is 0.0695. The molecule has 0 aliphatic heterocycles. The molecule has 0 saturated heterocycles. The van der Waals surface area contributed by atoms with E-state index in [1.165, 1.54) is 6.07 Å². The molecule has 1 aliphatic carbocycles. The van der Waals surface area contributed by atoms with E-state index in [0.717, 1.165) is 18.9 Å². The summed E-state index contributed by atoms with van der Waals surface area (Å²) in [4.78, 5) is 23.2. The first-order chi connectivity index (χ1) is 13.3. The van der Waals surface area contributed by atoms with Crippen LogP contribution >= 0.6 is 0 Å². The third kappa shape index (κ3) is 4.51. The maximum atomic E-state index is 11.8. The zero-order valence-electron chi connectivity index (χ0n) is 15.2. The number of rotatable bonds is 8. The molecule has 0 bridgehead atoms. The van der Waals surface area contributed by atoms with Gasteiger partial charge in [0.2, 0.25) is 0 Å². The molecule has 2 aromatic rings. The van der Waals surface area contributed by atoms with Crippen LogP contribution in [0.25, 0.3) is 11.1 Å². The van der Waals surface area contributed by atoms with Crippen LogP contribution in [-0.4, -0.2) is 37.2 Å². The number of benzene rings is 2. The van der Waals surface area contributed by atoms with Gasteiger partial charge in [-0.25, -0.2) is 18.0 Å². The molecule has 148 valence electrons. The molecule has 0 radical (unpaired) electrons. The number of hydrogen-bond donors (Lipinski definition) is 3. The minimum Gasteiger partial charge on any atom is -0.493 e. The van der Waals surface area contributed by atoms with Crippen LogP contribution in [0.15, 0.2) is 30.3 Å². The molecule has 7 nitrogen and oxygen atoms in total. The largest absolute Gasteiger partial charge is 0.493 e. The van der Waals surface area contributed by atoms with Gasteiger partial charge >= 0.3 is 11.9 Å². The van der Waals surface area contributed by atoms with Crippen molar-refractivity contribution < 1.29 is 33.0 Å². The Labute approximate surface area is 163 Å². The summed E-state index contributed by atoms with van der Waals surface area (Å²) in [6.07, 6.45) is 2.16. The second-order valence-corrected chi connectivity index (χ2v) is 7.88. The molecule has 0 spiro atoms. The molecular weight excluding hydrogens is 384 g/mol. The fourth-order valence-corrected chi connectivity index (χ4v) is 3.49. The minimum atomic E-state index is -2.65. The summed E-state index contributed by atoms with van der Waals surface area (Å²) in [5, 5.41) is 18.9. The monoisotopic (exact) mass is 404 g/mol. The first-order valence-electron chi connectivity index (χ1n) is 8.75. The summed E-state index contributed by atoms with van der Waals surface area (Å²) in [5.41, 5.74) is 1.36. The molecule has 8 heteroatoms. The Hall–Kier alpha value is -2.87. The SMILES string of the molecule is Cc1cc(-c2cc(C[SH](=O)=O)ccc2OCC2CC2)c(C(=O)O)cc1C(=O)O. The Balaban J connectivity index is 2.16. The van der Waals surface area contributed by atoms with Crippen molar-refractivity contribution in [1.29, 1.82) is 0 Å². The molecule has 0 atom stereocenters. The lowest BCUT2D eigenvalue weighted by atomic mass is 9.93. The van der Waals surface area contributed by atoms with Crippen LogP contribution in [0, 0.1) is 12.8 Å². The molecule has 28 heavy (non-hydrogen) atoms. The van der Waals surface area contributed by atoms with E-state index < -0.39 is 22.6 Å². The van der Waals surface area contributed by atoms with Gasteiger partial charge in [0.05, 0.1) is 23.5 Å². The number of thiol groups is 1. The van der Waals surface area contributed by atoms with Gasteiger partial charge in [-0.15, -0.1) is 0 Å². The summed E-state index contributed by atoms with van der Waals surface area (Å²) in [5.74, 6) is -1.75. The Bertz CT molecular complexity index is 1010. The van der Waals surface area contributed by atoms with Crippen LogP contribution in [0.3, 0.4) is 0 Å². The molecule has 1 saturated carbocycles. The van der Waals surface area contributed by atoms with Crippen LogP contribution in [0.2, 0.25) is 0 Å². The smallest absolute Gasteiger partial charge is 0.336 e. The first kappa shape index (κ1) is 19.9. The van der Waals surface area contributed by atoms with Crippen molar-refractivity contribution in [3.05, 3.63) is 52.6 Å². The Kier molecular flexibility index (Phi) is 5.69. The van der Waals surface area contributed by atoms with Crippen molar-refractivity contribution in [3.63, 3.8) is 0 Å². The molecule has 2 N–H and O–H groups in total. The van der Waals surface area contributed by atoms with Crippen LogP contribution < -0.4 is 4.74 Å². The highest BCUT2D eigenvalue weighted by Gasteiger charge is 2.24. The highest BCUT2D eigenvalue weighted by Crippen LogP contribution is 2.37. The second-order valence-electron chi connectivity index (χ2n) is 6.90. The number of carboxylic acids is 2. The van der Waals surface area contributed by atoms with E-state index in [4.69, 9.17) is 4.74 Å². The van der Waals surface area contributed by atoms with Gasteiger partial charge in [0, 0.05) is 11.1 Å². The average Bonchev–Trinajstić information content (AvgIpc) is 3.43. The third-order valence-electron chi connectivity index (χ3n) is 4.64. The number of aromatic carboxylic acids is 2. The average molecular weight is 404 g/mol. The number of ether oxygens (including phenoxy) is 1. The predicted octanol–water partition coefficient (Wildman–Crippen LogP) is 2.96.